The lowest BCUT2D eigenvalue weighted by Crippen LogP contribution is -2.31. The van der Waals surface area contributed by atoms with Gasteiger partial charge in [0.05, 0.1) is 30.4 Å². The summed E-state index contributed by atoms with van der Waals surface area (Å²) in [6.07, 6.45) is 5.64. The van der Waals surface area contributed by atoms with Crippen molar-refractivity contribution in [2.45, 2.75) is 24.3 Å². The monoisotopic (exact) mass is 403 g/mol. The molecule has 0 saturated heterocycles. The molecule has 142 valence electrons. The van der Waals surface area contributed by atoms with Crippen LogP contribution in [0.1, 0.15) is 17.8 Å². The van der Waals surface area contributed by atoms with E-state index in [1.807, 2.05) is 19.1 Å². The van der Waals surface area contributed by atoms with Crippen molar-refractivity contribution in [3.8, 4) is 12.1 Å². The number of hydrogen-bond acceptors (Lipinski definition) is 8. The van der Waals surface area contributed by atoms with Crippen LogP contribution in [0.2, 0.25) is 0 Å². The number of thioether (sulfide) groups is 2. The van der Waals surface area contributed by atoms with Crippen molar-refractivity contribution in [2.75, 3.05) is 24.6 Å². The number of nitrogens with zero attached hydrogens (tertiary/aromatic N) is 5. The zero-order valence-corrected chi connectivity index (χ0v) is 16.6. The van der Waals surface area contributed by atoms with Gasteiger partial charge in [0.15, 0.2) is 5.92 Å². The minimum atomic E-state index is -0.872. The van der Waals surface area contributed by atoms with E-state index in [2.05, 4.69) is 25.3 Å². The predicted molar refractivity (Wildman–Crippen MR) is 106 cm³/mol. The van der Waals surface area contributed by atoms with Crippen molar-refractivity contribution in [3.05, 3.63) is 30.2 Å². The quantitative estimate of drug-likeness (QED) is 0.254. The molecule has 0 saturated carbocycles. The number of aromatic amines is 1. The third-order valence-corrected chi connectivity index (χ3v) is 5.39. The van der Waals surface area contributed by atoms with Gasteiger partial charge in [0.2, 0.25) is 0 Å². The SMILES string of the molecule is Cc1[nH]cnc1CSCCNC(=NCCCSc1ncco1)C(C#N)C#N. The molecule has 2 N–H and O–H groups in total. The molecule has 0 spiro atoms. The van der Waals surface area contributed by atoms with Gasteiger partial charge in [-0.3, -0.25) is 4.99 Å². The highest BCUT2D eigenvalue weighted by molar-refractivity contribution is 7.99. The van der Waals surface area contributed by atoms with Gasteiger partial charge < -0.3 is 14.7 Å². The smallest absolute Gasteiger partial charge is 0.255 e. The molecule has 2 aromatic heterocycles. The standard InChI is InChI=1S/C17H21N7OS2/c1-13-15(24-12-23-13)11-26-8-5-21-16(14(9-18)10-19)20-3-2-7-27-17-22-4-6-25-17/h4,6,12,14H,2-3,5,7-8,11H2,1H3,(H,20,21)(H,23,24). The Balaban J connectivity index is 1.71. The van der Waals surface area contributed by atoms with E-state index in [9.17, 15) is 0 Å². The molecule has 0 atom stereocenters. The molecule has 0 aromatic carbocycles. The summed E-state index contributed by atoms with van der Waals surface area (Å²) in [6, 6.07) is 3.96. The molecule has 0 radical (unpaired) electrons. The summed E-state index contributed by atoms with van der Waals surface area (Å²) in [4.78, 5) is 15.8. The number of nitrogens with one attached hydrogen (secondary N) is 2. The zero-order chi connectivity index (χ0) is 19.3. The molecule has 0 amide bonds. The lowest BCUT2D eigenvalue weighted by atomic mass is 10.2. The molecule has 2 heterocycles. The van der Waals surface area contributed by atoms with Gasteiger partial charge in [-0.05, 0) is 13.3 Å². The average molecular weight is 404 g/mol. The van der Waals surface area contributed by atoms with Crippen LogP contribution in [0.3, 0.4) is 0 Å². The Morgan fingerprint density at radius 1 is 1.37 bits per heavy atom. The van der Waals surface area contributed by atoms with Crippen LogP contribution in [-0.4, -0.2) is 45.4 Å². The van der Waals surface area contributed by atoms with E-state index in [0.29, 0.717) is 24.1 Å². The van der Waals surface area contributed by atoms with Crippen LogP contribution in [0.15, 0.2) is 33.4 Å². The van der Waals surface area contributed by atoms with E-state index in [4.69, 9.17) is 14.9 Å². The fourth-order valence-electron chi connectivity index (χ4n) is 2.06. The van der Waals surface area contributed by atoms with E-state index >= 15 is 0 Å². The van der Waals surface area contributed by atoms with E-state index in [0.717, 1.165) is 35.1 Å². The van der Waals surface area contributed by atoms with E-state index in [1.165, 1.54) is 11.8 Å². The first-order chi connectivity index (χ1) is 13.2. The van der Waals surface area contributed by atoms with Gasteiger partial charge in [0.25, 0.3) is 5.22 Å². The van der Waals surface area contributed by atoms with Gasteiger partial charge in [-0.2, -0.15) is 22.3 Å². The molecule has 0 aliphatic heterocycles. The Kier molecular flexibility index (Phi) is 9.31. The summed E-state index contributed by atoms with van der Waals surface area (Å²) < 4.78 is 5.15. The number of nitriles is 2. The highest BCUT2D eigenvalue weighted by Crippen LogP contribution is 2.15. The van der Waals surface area contributed by atoms with Gasteiger partial charge in [-0.15, -0.1) is 0 Å². The van der Waals surface area contributed by atoms with Crippen molar-refractivity contribution < 1.29 is 4.42 Å². The highest BCUT2D eigenvalue weighted by Gasteiger charge is 2.14. The second-order valence-corrected chi connectivity index (χ2v) is 7.56. The van der Waals surface area contributed by atoms with Crippen LogP contribution in [0, 0.1) is 35.5 Å². The third kappa shape index (κ3) is 7.37. The van der Waals surface area contributed by atoms with E-state index < -0.39 is 5.92 Å². The molecule has 2 aromatic rings. The first kappa shape index (κ1) is 20.9. The lowest BCUT2D eigenvalue weighted by Gasteiger charge is -2.10. The van der Waals surface area contributed by atoms with Crippen LogP contribution in [-0.2, 0) is 5.75 Å². The molecule has 8 nitrogen and oxygen atoms in total. The summed E-state index contributed by atoms with van der Waals surface area (Å²) in [5, 5.41) is 22.1. The Hall–Kier alpha value is -2.43. The van der Waals surface area contributed by atoms with Gasteiger partial charge in [0.1, 0.15) is 12.1 Å². The normalized spacial score (nSPS) is 11.3. The van der Waals surface area contributed by atoms with Gasteiger partial charge in [-0.25, -0.2) is 9.97 Å². The second-order valence-electron chi connectivity index (χ2n) is 5.41. The molecule has 2 rings (SSSR count). The van der Waals surface area contributed by atoms with Gasteiger partial charge in [-0.1, -0.05) is 11.8 Å². The van der Waals surface area contributed by atoms with Crippen LogP contribution >= 0.6 is 23.5 Å². The van der Waals surface area contributed by atoms with E-state index in [1.54, 1.807) is 30.5 Å². The number of oxazole rings is 1. The molecule has 0 fully saturated rings. The largest absolute Gasteiger partial charge is 0.440 e. The number of rotatable bonds is 11. The molecule has 0 aliphatic carbocycles. The van der Waals surface area contributed by atoms with Crippen LogP contribution in [0.4, 0.5) is 0 Å². The number of hydrogen-bond donors (Lipinski definition) is 2. The van der Waals surface area contributed by atoms with Crippen molar-refractivity contribution in [1.82, 2.24) is 20.3 Å². The fourth-order valence-corrected chi connectivity index (χ4v) is 3.64. The second kappa shape index (κ2) is 12.0. The van der Waals surface area contributed by atoms with Crippen molar-refractivity contribution in [3.63, 3.8) is 0 Å². The van der Waals surface area contributed by atoms with Crippen molar-refractivity contribution in [2.24, 2.45) is 10.9 Å². The highest BCUT2D eigenvalue weighted by atomic mass is 32.2. The number of aryl methyl sites for hydroxylation is 1. The summed E-state index contributed by atoms with van der Waals surface area (Å²) in [5.74, 6) is 2.02. The Labute approximate surface area is 166 Å². The summed E-state index contributed by atoms with van der Waals surface area (Å²) in [7, 11) is 0. The number of aliphatic imine (C=N–C) groups is 1. The zero-order valence-electron chi connectivity index (χ0n) is 15.0. The van der Waals surface area contributed by atoms with Gasteiger partial charge >= 0.3 is 0 Å². The predicted octanol–water partition coefficient (Wildman–Crippen LogP) is 2.77. The van der Waals surface area contributed by atoms with Gasteiger partial charge in [0, 0.05) is 36.0 Å². The summed E-state index contributed by atoms with van der Waals surface area (Å²) >= 11 is 3.25. The molecule has 0 aliphatic rings. The summed E-state index contributed by atoms with van der Waals surface area (Å²) in [6.45, 7) is 3.17. The topological polar surface area (TPSA) is 127 Å². The number of aromatic nitrogens is 3. The van der Waals surface area contributed by atoms with Crippen molar-refractivity contribution >= 4 is 29.4 Å². The van der Waals surface area contributed by atoms with Crippen LogP contribution in [0.5, 0.6) is 0 Å². The Bertz CT molecular complexity index is 775. The number of amidine groups is 1. The first-order valence-electron chi connectivity index (χ1n) is 8.41. The number of H-pyrrole nitrogens is 1. The van der Waals surface area contributed by atoms with Crippen molar-refractivity contribution in [1.29, 1.82) is 10.5 Å². The maximum absolute atomic E-state index is 9.15. The Morgan fingerprint density at radius 2 is 2.22 bits per heavy atom. The molecule has 27 heavy (non-hydrogen) atoms. The minimum Gasteiger partial charge on any atom is -0.440 e. The molecule has 0 bridgehead atoms. The minimum absolute atomic E-state index is 0.442. The molecular formula is C17H21N7OS2. The Morgan fingerprint density at radius 3 is 2.89 bits per heavy atom. The maximum Gasteiger partial charge on any atom is 0.255 e. The van der Waals surface area contributed by atoms with Crippen LogP contribution < -0.4 is 5.32 Å². The summed E-state index contributed by atoms with van der Waals surface area (Å²) in [5.41, 5.74) is 2.12. The maximum atomic E-state index is 9.15. The molecule has 10 heteroatoms. The van der Waals surface area contributed by atoms with E-state index in [-0.39, 0.29) is 0 Å². The van der Waals surface area contributed by atoms with Crippen LogP contribution in [0.25, 0.3) is 0 Å². The average Bonchev–Trinajstić information content (AvgIpc) is 3.33. The lowest BCUT2D eigenvalue weighted by molar-refractivity contribution is 0.454. The molecule has 0 unspecified atom stereocenters. The first-order valence-corrected chi connectivity index (χ1v) is 10.5. The number of imidazole rings is 1. The fraction of sp³-hybridized carbons (Fsp3) is 0.471. The third-order valence-electron chi connectivity index (χ3n) is 3.48. The molecular weight excluding hydrogens is 382 g/mol.